The van der Waals surface area contributed by atoms with Gasteiger partial charge < -0.3 is 89.1 Å². The maximum atomic E-state index is 13.2. The highest BCUT2D eigenvalue weighted by Crippen LogP contribution is 2.29. The highest BCUT2D eigenvalue weighted by Gasteiger charge is 2.41. The van der Waals surface area contributed by atoms with Gasteiger partial charge in [-0.1, -0.05) is 0 Å². The van der Waals surface area contributed by atoms with E-state index in [1.54, 1.807) is 0 Å². The number of carbonyl (C=O) groups excluding carboxylic acids is 5. The van der Waals surface area contributed by atoms with Crippen LogP contribution in [0.2, 0.25) is 0 Å². The molecule has 4 atom stereocenters. The lowest BCUT2D eigenvalue weighted by Gasteiger charge is -2.32. The number of amides is 5. The Kier molecular flexibility index (Phi) is 37.8. The summed E-state index contributed by atoms with van der Waals surface area (Å²) in [5.41, 5.74) is 11.2. The second-order valence-electron chi connectivity index (χ2n) is 21.5. The second-order valence-corrected chi connectivity index (χ2v) is 21.5. The average Bonchev–Trinajstić information content (AvgIpc) is 2.30. The molecule has 38 heteroatoms. The van der Waals surface area contributed by atoms with Gasteiger partial charge in [0.1, 0.15) is 18.1 Å². The molecule has 0 bridgehead atoms. The zero-order valence-corrected chi connectivity index (χ0v) is 49.9. The van der Waals surface area contributed by atoms with Gasteiger partial charge in [-0.15, -0.1) is 0 Å². The molecule has 5 amide bonds. The largest absolute Gasteiger partial charge is 0.480 e. The fourth-order valence-corrected chi connectivity index (χ4v) is 9.06. The summed E-state index contributed by atoms with van der Waals surface area (Å²) in [4.78, 5) is 187. The van der Waals surface area contributed by atoms with Crippen molar-refractivity contribution < 1.29 is 123 Å². The molecule has 1 fully saturated rings. The Hall–Kier alpha value is -8.27. The zero-order valence-electron chi connectivity index (χ0n) is 49.9. The van der Waals surface area contributed by atoms with E-state index in [1.165, 1.54) is 9.80 Å². The van der Waals surface area contributed by atoms with Crippen LogP contribution in [0.15, 0.2) is 0 Å². The lowest BCUT2D eigenvalue weighted by atomic mass is 10.1. The Morgan fingerprint density at radius 2 is 0.700 bits per heavy atom. The molecule has 1 aliphatic rings. The van der Waals surface area contributed by atoms with Crippen molar-refractivity contribution in [3.05, 3.63) is 0 Å². The molecule has 0 saturated heterocycles. The number of nitrogens with one attached hydrogen (secondary N) is 5. The van der Waals surface area contributed by atoms with Crippen LogP contribution in [-0.2, 0) is 71.9 Å². The van der Waals surface area contributed by atoms with Gasteiger partial charge in [0.25, 0.3) is 0 Å². The molecule has 510 valence electrons. The van der Waals surface area contributed by atoms with Gasteiger partial charge >= 0.3 is 59.7 Å². The van der Waals surface area contributed by atoms with Gasteiger partial charge in [0.15, 0.2) is 0 Å². The highest BCUT2D eigenvalue weighted by atomic mass is 16.4. The first-order chi connectivity index (χ1) is 42.2. The van der Waals surface area contributed by atoms with Crippen LogP contribution in [0.4, 0.5) is 0 Å². The SMILES string of the molecule is N[C@@H](CCCCNC(=O)CCC(C(=O)O)N(CCN(CC(=O)O)CC(=O)O)CCN(CC(=O)O)CC(=O)O)C(=O)NCCC(=O)N[C@@H](CCCCNC(=O)CCC(C(=O)O)N(CCN(CC(=O)O)CC(=O)O)CCN(CC(=O)O)CC(=O)O)C(=O)NC1(N)CC1. The predicted octanol–water partition coefficient (Wildman–Crippen LogP) is -6.60. The molecule has 1 rings (SSSR count). The smallest absolute Gasteiger partial charge is 0.320 e. The van der Waals surface area contributed by atoms with E-state index in [9.17, 15) is 123 Å². The van der Waals surface area contributed by atoms with Crippen molar-refractivity contribution in [1.29, 1.82) is 0 Å². The van der Waals surface area contributed by atoms with Crippen molar-refractivity contribution in [2.45, 2.75) is 113 Å². The van der Waals surface area contributed by atoms with Crippen molar-refractivity contribution in [1.82, 2.24) is 56.0 Å². The quantitative estimate of drug-likeness (QED) is 0.0199. The maximum absolute atomic E-state index is 13.2. The molecule has 0 heterocycles. The molecule has 19 N–H and O–H groups in total. The Bertz CT molecular complexity index is 2310. The number of hydrogen-bond donors (Lipinski definition) is 17. The van der Waals surface area contributed by atoms with E-state index in [2.05, 4.69) is 26.6 Å². The van der Waals surface area contributed by atoms with E-state index in [4.69, 9.17) is 11.5 Å². The monoisotopic (exact) mass is 1290 g/mol. The van der Waals surface area contributed by atoms with Crippen LogP contribution in [0, 0.1) is 0 Å². The summed E-state index contributed by atoms with van der Waals surface area (Å²) in [6.07, 6.45) is 0.727. The fraction of sp³-hybridized carbons (Fsp3) is 0.712. The number of nitrogens with zero attached hydrogens (tertiary/aromatic N) is 6. The number of aliphatic carboxylic acids is 10. The van der Waals surface area contributed by atoms with Gasteiger partial charge in [0.2, 0.25) is 29.5 Å². The molecule has 0 spiro atoms. The second kappa shape index (κ2) is 42.6. The van der Waals surface area contributed by atoms with Crippen molar-refractivity contribution in [2.75, 3.05) is 124 Å². The van der Waals surface area contributed by atoms with E-state index < -0.39 is 171 Å². The molecule has 0 aromatic carbocycles. The number of carboxylic acids is 10. The lowest BCUT2D eigenvalue weighted by molar-refractivity contribution is -0.146. The normalized spacial score (nSPS) is 13.9. The fourth-order valence-electron chi connectivity index (χ4n) is 9.06. The van der Waals surface area contributed by atoms with E-state index in [0.717, 1.165) is 19.6 Å². The molecule has 0 aliphatic heterocycles. The Morgan fingerprint density at radius 1 is 0.378 bits per heavy atom. The van der Waals surface area contributed by atoms with E-state index in [1.807, 2.05) is 0 Å². The molecule has 0 aromatic rings. The number of unbranched alkanes of at least 4 members (excludes halogenated alkanes) is 2. The summed E-state index contributed by atoms with van der Waals surface area (Å²) in [6, 6.07) is -5.02. The van der Waals surface area contributed by atoms with Crippen LogP contribution in [0.5, 0.6) is 0 Å². The molecular weight excluding hydrogens is 1210 g/mol. The number of nitrogens with two attached hydrogens (primary N) is 2. The van der Waals surface area contributed by atoms with Crippen LogP contribution in [-0.4, -0.2) is 324 Å². The van der Waals surface area contributed by atoms with Gasteiger partial charge in [-0.05, 0) is 64.2 Å². The number of carbonyl (C=O) groups is 15. The molecule has 0 radical (unpaired) electrons. The minimum Gasteiger partial charge on any atom is -0.480 e. The summed E-state index contributed by atoms with van der Waals surface area (Å²) in [7, 11) is 0. The van der Waals surface area contributed by atoms with E-state index in [-0.39, 0.29) is 130 Å². The molecule has 38 nitrogen and oxygen atoms in total. The predicted molar refractivity (Wildman–Crippen MR) is 307 cm³/mol. The third-order valence-corrected chi connectivity index (χ3v) is 13.7. The van der Waals surface area contributed by atoms with E-state index >= 15 is 0 Å². The van der Waals surface area contributed by atoms with Gasteiger partial charge in [-0.2, -0.15) is 0 Å². The van der Waals surface area contributed by atoms with Crippen LogP contribution >= 0.6 is 0 Å². The van der Waals surface area contributed by atoms with E-state index in [0.29, 0.717) is 25.7 Å². The van der Waals surface area contributed by atoms with Crippen molar-refractivity contribution in [3.63, 3.8) is 0 Å². The first kappa shape index (κ1) is 79.7. The minimum atomic E-state index is -1.45. The Balaban J connectivity index is 2.78. The van der Waals surface area contributed by atoms with Crippen molar-refractivity contribution >= 4 is 89.2 Å². The highest BCUT2D eigenvalue weighted by molar-refractivity contribution is 5.89. The standard InChI is InChI=1S/C52H87N13O25/c53-33(5-1-3-14-55-37(66)9-7-35(50(87)88)64(21-17-60(25-40(69)70)26-41(71)72)22-18-61(27-42(73)74)28-43(75)76)48(85)57-16-11-39(68)58-34(49(86)59-52(54)12-13-52)6-2-4-15-56-38(67)10-8-36(51(89)90)65(23-19-62(29-44(77)78)30-45(79)80)24-20-63(31-46(81)82)32-47(83)84/h33-36H,1-32,53-54H2,(H,55,66)(H,56,67)(H,57,85)(H,58,68)(H,59,86)(H,69,70)(H,71,72)(H,73,74)(H,75,76)(H,77,78)(H,79,80)(H,81,82)(H,83,84)(H,87,88)(H,89,90)/t33-,34-,35?,36?/m0/s1. The van der Waals surface area contributed by atoms with Crippen LogP contribution < -0.4 is 38.1 Å². The number of carboxylic acid groups (broad SMARTS) is 10. The van der Waals surface area contributed by atoms with Crippen molar-refractivity contribution in [2.24, 2.45) is 11.5 Å². The summed E-state index contributed by atoms with van der Waals surface area (Å²) < 4.78 is 0. The van der Waals surface area contributed by atoms with Crippen LogP contribution in [0.1, 0.15) is 83.5 Å². The number of rotatable bonds is 55. The van der Waals surface area contributed by atoms with Crippen LogP contribution in [0.3, 0.4) is 0 Å². The third kappa shape index (κ3) is 38.2. The van der Waals surface area contributed by atoms with Gasteiger partial charge in [-0.25, -0.2) is 0 Å². The molecule has 90 heavy (non-hydrogen) atoms. The lowest BCUT2D eigenvalue weighted by Crippen LogP contribution is -2.53. The minimum absolute atomic E-state index is 0.0406. The Morgan fingerprint density at radius 3 is 1.00 bits per heavy atom. The summed E-state index contributed by atoms with van der Waals surface area (Å²) in [6.45, 7) is -8.00. The van der Waals surface area contributed by atoms with Crippen molar-refractivity contribution in [3.8, 4) is 0 Å². The first-order valence-electron chi connectivity index (χ1n) is 28.7. The first-order valence-corrected chi connectivity index (χ1v) is 28.7. The number of hydrogen-bond acceptors (Lipinski definition) is 23. The summed E-state index contributed by atoms with van der Waals surface area (Å²) in [5.74, 6) is -16.8. The molecular formula is C52H87N13O25. The van der Waals surface area contributed by atoms with Gasteiger partial charge in [0.05, 0.1) is 64.1 Å². The van der Waals surface area contributed by atoms with Gasteiger partial charge in [-0.3, -0.25) is 101 Å². The Labute approximate surface area is 516 Å². The molecule has 0 aromatic heterocycles. The molecule has 1 saturated carbocycles. The average molecular weight is 1290 g/mol. The van der Waals surface area contributed by atoms with Crippen LogP contribution in [0.25, 0.3) is 0 Å². The third-order valence-electron chi connectivity index (χ3n) is 13.7. The molecule has 2 unspecified atom stereocenters. The zero-order chi connectivity index (χ0) is 68.1. The molecule has 1 aliphatic carbocycles. The topological polar surface area (TPSA) is 590 Å². The maximum Gasteiger partial charge on any atom is 0.320 e. The summed E-state index contributed by atoms with van der Waals surface area (Å²) >= 11 is 0. The summed E-state index contributed by atoms with van der Waals surface area (Å²) in [5, 5.41) is 108. The van der Waals surface area contributed by atoms with Gasteiger partial charge in [0, 0.05) is 91.3 Å².